The van der Waals surface area contributed by atoms with Crippen molar-refractivity contribution < 1.29 is 14.6 Å². The van der Waals surface area contributed by atoms with E-state index >= 15 is 0 Å². The van der Waals surface area contributed by atoms with Gasteiger partial charge in [-0.1, -0.05) is 15.9 Å². The molecule has 1 unspecified atom stereocenters. The van der Waals surface area contributed by atoms with E-state index in [-0.39, 0.29) is 19.1 Å². The Labute approximate surface area is 126 Å². The van der Waals surface area contributed by atoms with Crippen molar-refractivity contribution in [2.45, 2.75) is 25.0 Å². The zero-order valence-corrected chi connectivity index (χ0v) is 12.6. The van der Waals surface area contributed by atoms with Crippen molar-refractivity contribution in [1.29, 1.82) is 0 Å². The SMILES string of the molecule is O=C1COc2ccc(Br)cc2N1CC(O)CNC1CC1. The smallest absolute Gasteiger partial charge is 0.265 e. The van der Waals surface area contributed by atoms with Crippen LogP contribution < -0.4 is 15.0 Å². The number of nitrogens with one attached hydrogen (secondary N) is 1. The Morgan fingerprint density at radius 3 is 3.05 bits per heavy atom. The number of fused-ring (bicyclic) bond motifs is 1. The Bertz CT molecular complexity index is 519. The molecular formula is C14H17BrN2O3. The lowest BCUT2D eigenvalue weighted by Gasteiger charge is -2.31. The molecule has 0 radical (unpaired) electrons. The minimum absolute atomic E-state index is 0.0252. The first-order valence-corrected chi connectivity index (χ1v) is 7.57. The molecule has 1 aliphatic carbocycles. The maximum absolute atomic E-state index is 12.0. The molecule has 1 saturated carbocycles. The molecule has 0 aromatic heterocycles. The third-order valence-electron chi connectivity index (χ3n) is 3.48. The lowest BCUT2D eigenvalue weighted by molar-refractivity contribution is -0.121. The number of anilines is 1. The van der Waals surface area contributed by atoms with Crippen molar-refractivity contribution in [2.24, 2.45) is 0 Å². The van der Waals surface area contributed by atoms with Gasteiger partial charge >= 0.3 is 0 Å². The number of benzene rings is 1. The van der Waals surface area contributed by atoms with Gasteiger partial charge in [0.25, 0.3) is 5.91 Å². The lowest BCUT2D eigenvalue weighted by atomic mass is 10.2. The molecule has 1 aromatic carbocycles. The number of β-amino-alcohol motifs (C(OH)–C–C–N with tert-alkyl or cyclic N) is 1. The number of hydrogen-bond donors (Lipinski definition) is 2. The summed E-state index contributed by atoms with van der Waals surface area (Å²) in [7, 11) is 0. The van der Waals surface area contributed by atoms with Crippen LogP contribution in [0, 0.1) is 0 Å². The average molecular weight is 341 g/mol. The molecule has 1 fully saturated rings. The topological polar surface area (TPSA) is 61.8 Å². The number of hydrogen-bond acceptors (Lipinski definition) is 4. The Kier molecular flexibility index (Phi) is 3.96. The Hall–Kier alpha value is -1.11. The Morgan fingerprint density at radius 1 is 1.50 bits per heavy atom. The van der Waals surface area contributed by atoms with E-state index in [1.165, 1.54) is 12.8 Å². The first-order valence-electron chi connectivity index (χ1n) is 6.77. The second kappa shape index (κ2) is 5.71. The fraction of sp³-hybridized carbons (Fsp3) is 0.500. The van der Waals surface area contributed by atoms with Gasteiger partial charge in [0, 0.05) is 17.1 Å². The van der Waals surface area contributed by atoms with Crippen molar-refractivity contribution >= 4 is 27.5 Å². The van der Waals surface area contributed by atoms with Crippen molar-refractivity contribution in [1.82, 2.24) is 5.32 Å². The predicted octanol–water partition coefficient (Wildman–Crippen LogP) is 1.29. The molecule has 0 bridgehead atoms. The minimum atomic E-state index is -0.579. The van der Waals surface area contributed by atoms with Gasteiger partial charge in [-0.05, 0) is 31.0 Å². The van der Waals surface area contributed by atoms with Gasteiger partial charge in [-0.3, -0.25) is 4.79 Å². The highest BCUT2D eigenvalue weighted by Gasteiger charge is 2.28. The summed E-state index contributed by atoms with van der Waals surface area (Å²) in [5.41, 5.74) is 0.709. The molecular weight excluding hydrogens is 324 g/mol. The summed E-state index contributed by atoms with van der Waals surface area (Å²) in [6.45, 7) is 0.821. The molecule has 3 rings (SSSR count). The highest BCUT2D eigenvalue weighted by molar-refractivity contribution is 9.10. The number of aliphatic hydroxyl groups excluding tert-OH is 1. The molecule has 1 aromatic rings. The molecule has 1 aliphatic heterocycles. The van der Waals surface area contributed by atoms with Gasteiger partial charge in [-0.25, -0.2) is 0 Å². The summed E-state index contributed by atoms with van der Waals surface area (Å²) in [5, 5.41) is 13.3. The van der Waals surface area contributed by atoms with Gasteiger partial charge in [0.2, 0.25) is 0 Å². The number of carbonyl (C=O) groups excluding carboxylic acids is 1. The molecule has 2 aliphatic rings. The third kappa shape index (κ3) is 3.13. The monoisotopic (exact) mass is 340 g/mol. The molecule has 108 valence electrons. The Morgan fingerprint density at radius 2 is 2.30 bits per heavy atom. The van der Waals surface area contributed by atoms with E-state index < -0.39 is 6.10 Å². The van der Waals surface area contributed by atoms with Crippen LogP contribution in [-0.4, -0.2) is 42.9 Å². The maximum Gasteiger partial charge on any atom is 0.265 e. The van der Waals surface area contributed by atoms with Crippen LogP contribution in [-0.2, 0) is 4.79 Å². The number of amides is 1. The number of ether oxygens (including phenoxy) is 1. The van der Waals surface area contributed by atoms with Crippen LogP contribution in [0.2, 0.25) is 0 Å². The van der Waals surface area contributed by atoms with E-state index in [4.69, 9.17) is 4.74 Å². The summed E-state index contributed by atoms with van der Waals surface area (Å²) in [6, 6.07) is 6.09. The van der Waals surface area contributed by atoms with Crippen LogP contribution in [0.3, 0.4) is 0 Å². The largest absolute Gasteiger partial charge is 0.482 e. The van der Waals surface area contributed by atoms with E-state index in [1.54, 1.807) is 4.90 Å². The van der Waals surface area contributed by atoms with Crippen LogP contribution in [0.25, 0.3) is 0 Å². The molecule has 1 atom stereocenters. The predicted molar refractivity (Wildman–Crippen MR) is 79.0 cm³/mol. The van der Waals surface area contributed by atoms with Crippen molar-refractivity contribution in [2.75, 3.05) is 24.6 Å². The second-order valence-corrected chi connectivity index (χ2v) is 6.16. The maximum atomic E-state index is 12.0. The van der Waals surface area contributed by atoms with Gasteiger partial charge in [0.05, 0.1) is 18.3 Å². The first-order chi connectivity index (χ1) is 9.63. The lowest BCUT2D eigenvalue weighted by Crippen LogP contribution is -2.45. The normalized spacial score (nSPS) is 19.5. The molecule has 1 heterocycles. The molecule has 1 amide bonds. The molecule has 6 heteroatoms. The van der Waals surface area contributed by atoms with E-state index in [1.807, 2.05) is 18.2 Å². The van der Waals surface area contributed by atoms with Gasteiger partial charge in [-0.2, -0.15) is 0 Å². The van der Waals surface area contributed by atoms with E-state index in [0.717, 1.165) is 4.47 Å². The van der Waals surface area contributed by atoms with Crippen LogP contribution in [0.4, 0.5) is 5.69 Å². The van der Waals surface area contributed by atoms with E-state index in [0.29, 0.717) is 24.0 Å². The fourth-order valence-electron chi connectivity index (χ4n) is 2.24. The quantitative estimate of drug-likeness (QED) is 0.847. The Balaban J connectivity index is 1.70. The second-order valence-electron chi connectivity index (χ2n) is 5.24. The number of carbonyl (C=O) groups is 1. The number of rotatable bonds is 5. The van der Waals surface area contributed by atoms with Crippen molar-refractivity contribution in [3.8, 4) is 5.75 Å². The van der Waals surface area contributed by atoms with Crippen molar-refractivity contribution in [3.05, 3.63) is 22.7 Å². The summed E-state index contributed by atoms with van der Waals surface area (Å²) in [6.07, 6.45) is 1.78. The summed E-state index contributed by atoms with van der Waals surface area (Å²) >= 11 is 3.39. The molecule has 20 heavy (non-hydrogen) atoms. The van der Waals surface area contributed by atoms with Gasteiger partial charge in [-0.15, -0.1) is 0 Å². The number of nitrogens with zero attached hydrogens (tertiary/aromatic N) is 1. The average Bonchev–Trinajstić information content (AvgIpc) is 3.24. The number of aliphatic hydroxyl groups is 1. The zero-order chi connectivity index (χ0) is 14.1. The molecule has 0 saturated heterocycles. The molecule has 2 N–H and O–H groups in total. The highest BCUT2D eigenvalue weighted by atomic mass is 79.9. The van der Waals surface area contributed by atoms with Gasteiger partial charge in [0.1, 0.15) is 5.75 Å². The number of halogens is 1. The summed E-state index contributed by atoms with van der Waals surface area (Å²) in [5.74, 6) is 0.552. The zero-order valence-electron chi connectivity index (χ0n) is 11.0. The van der Waals surface area contributed by atoms with E-state index in [2.05, 4.69) is 21.2 Å². The van der Waals surface area contributed by atoms with Crippen molar-refractivity contribution in [3.63, 3.8) is 0 Å². The van der Waals surface area contributed by atoms with E-state index in [9.17, 15) is 9.90 Å². The highest BCUT2D eigenvalue weighted by Crippen LogP contribution is 2.34. The fourth-order valence-corrected chi connectivity index (χ4v) is 2.59. The standard InChI is InChI=1S/C14H17BrN2O3/c15-9-1-4-13-12(5-9)17(14(19)8-20-13)7-11(18)6-16-10-2-3-10/h1,4-5,10-11,16,18H,2-3,6-8H2. The van der Waals surface area contributed by atoms with Crippen LogP contribution in [0.1, 0.15) is 12.8 Å². The summed E-state index contributed by atoms with van der Waals surface area (Å²) < 4.78 is 6.28. The van der Waals surface area contributed by atoms with Gasteiger partial charge < -0.3 is 20.1 Å². The van der Waals surface area contributed by atoms with Crippen LogP contribution in [0.5, 0.6) is 5.75 Å². The molecule has 0 spiro atoms. The minimum Gasteiger partial charge on any atom is -0.482 e. The third-order valence-corrected chi connectivity index (χ3v) is 3.97. The van der Waals surface area contributed by atoms with Crippen LogP contribution >= 0.6 is 15.9 Å². The first kappa shape index (κ1) is 13.9. The summed E-state index contributed by atoms with van der Waals surface area (Å²) in [4.78, 5) is 13.6. The van der Waals surface area contributed by atoms with Crippen LogP contribution in [0.15, 0.2) is 22.7 Å². The molecule has 5 nitrogen and oxygen atoms in total. The van der Waals surface area contributed by atoms with Gasteiger partial charge in [0.15, 0.2) is 6.61 Å².